The highest BCUT2D eigenvalue weighted by molar-refractivity contribution is 6.12. The van der Waals surface area contributed by atoms with Crippen molar-refractivity contribution >= 4 is 29.5 Å². The molecule has 1 aromatic rings. The molecule has 9 nitrogen and oxygen atoms in total. The average molecular weight is 333 g/mol. The molecule has 9 heteroatoms. The van der Waals surface area contributed by atoms with Crippen LogP contribution in [0.1, 0.15) is 16.8 Å². The highest BCUT2D eigenvalue weighted by Gasteiger charge is 2.31. The predicted octanol–water partition coefficient (Wildman–Crippen LogP) is -0.496. The van der Waals surface area contributed by atoms with Gasteiger partial charge < -0.3 is 9.84 Å². The molecular weight excluding hydrogens is 322 g/mol. The van der Waals surface area contributed by atoms with Crippen molar-refractivity contribution in [2.75, 3.05) is 0 Å². The van der Waals surface area contributed by atoms with Gasteiger partial charge in [0.15, 0.2) is 0 Å². The molecular formula is C15H11NO8. The fourth-order valence-corrected chi connectivity index (χ4v) is 1.65. The number of ether oxygens (including phenoxy) is 1. The van der Waals surface area contributed by atoms with Gasteiger partial charge in [0.1, 0.15) is 6.42 Å². The topological polar surface area (TPSA) is 127 Å². The summed E-state index contributed by atoms with van der Waals surface area (Å²) in [6.45, 7) is 0. The molecule has 2 amide bonds. The van der Waals surface area contributed by atoms with Crippen molar-refractivity contribution in [3.63, 3.8) is 0 Å². The van der Waals surface area contributed by atoms with E-state index in [1.807, 2.05) is 0 Å². The van der Waals surface area contributed by atoms with Crippen molar-refractivity contribution < 1.29 is 38.7 Å². The normalized spacial score (nSPS) is 14.6. The number of Topliss-reactive ketones (excluding diaryl/α,β-unsaturated/α-hetero) is 1. The maximum atomic E-state index is 11.6. The maximum Gasteiger partial charge on any atom is 0.345 e. The summed E-state index contributed by atoms with van der Waals surface area (Å²) in [6.07, 6.45) is -1.46. The van der Waals surface area contributed by atoms with E-state index in [-0.39, 0.29) is 10.6 Å². The SMILES string of the molecule is O=C(CC(=O)C(O)ON1C(=O)C=CC1=O)OC(=O)c1ccccc1. The molecule has 1 aromatic carbocycles. The molecule has 0 saturated carbocycles. The summed E-state index contributed by atoms with van der Waals surface area (Å²) in [5, 5.41) is 9.65. The molecule has 0 aromatic heterocycles. The van der Waals surface area contributed by atoms with Crippen molar-refractivity contribution in [1.82, 2.24) is 5.06 Å². The first-order chi connectivity index (χ1) is 11.4. The Balaban J connectivity index is 1.85. The van der Waals surface area contributed by atoms with Gasteiger partial charge in [-0.05, 0) is 12.1 Å². The fourth-order valence-electron chi connectivity index (χ4n) is 1.65. The Labute approximate surface area is 135 Å². The molecule has 1 N–H and O–H groups in total. The van der Waals surface area contributed by atoms with Gasteiger partial charge in [0, 0.05) is 12.2 Å². The van der Waals surface area contributed by atoms with E-state index >= 15 is 0 Å². The number of rotatable bonds is 6. The van der Waals surface area contributed by atoms with Crippen LogP contribution in [-0.2, 0) is 28.8 Å². The molecule has 0 fully saturated rings. The van der Waals surface area contributed by atoms with Gasteiger partial charge in [-0.3, -0.25) is 19.2 Å². The standard InChI is InChI=1S/C15H11NO8/c17-10(15(22)24-16-11(18)6-7-12(16)19)8-13(20)23-14(21)9-4-2-1-3-5-9/h1-7,15,22H,8H2. The minimum absolute atomic E-state index is 0.106. The summed E-state index contributed by atoms with van der Waals surface area (Å²) in [6, 6.07) is 7.59. The molecule has 2 rings (SSSR count). The molecule has 1 unspecified atom stereocenters. The number of imide groups is 1. The van der Waals surface area contributed by atoms with Crippen LogP contribution < -0.4 is 0 Å². The molecule has 1 atom stereocenters. The first kappa shape index (κ1) is 17.2. The highest BCUT2D eigenvalue weighted by Crippen LogP contribution is 2.08. The van der Waals surface area contributed by atoms with E-state index in [2.05, 4.69) is 9.57 Å². The van der Waals surface area contributed by atoms with Gasteiger partial charge in [-0.1, -0.05) is 18.2 Å². The van der Waals surface area contributed by atoms with Crippen LogP contribution in [0.5, 0.6) is 0 Å². The number of hydroxylamine groups is 2. The number of esters is 2. The second-order valence-corrected chi connectivity index (χ2v) is 4.53. The number of nitrogens with zero attached hydrogens (tertiary/aromatic N) is 1. The summed E-state index contributed by atoms with van der Waals surface area (Å²) < 4.78 is 4.44. The minimum atomic E-state index is -2.24. The zero-order valence-corrected chi connectivity index (χ0v) is 12.1. The van der Waals surface area contributed by atoms with Crippen LogP contribution in [0.25, 0.3) is 0 Å². The lowest BCUT2D eigenvalue weighted by atomic mass is 10.2. The van der Waals surface area contributed by atoms with E-state index in [0.29, 0.717) is 0 Å². The van der Waals surface area contributed by atoms with Crippen LogP contribution >= 0.6 is 0 Å². The van der Waals surface area contributed by atoms with Crippen molar-refractivity contribution in [1.29, 1.82) is 0 Å². The molecule has 24 heavy (non-hydrogen) atoms. The smallest absolute Gasteiger partial charge is 0.345 e. The summed E-state index contributed by atoms with van der Waals surface area (Å²) in [7, 11) is 0. The Hall–Kier alpha value is -3.17. The molecule has 0 aliphatic carbocycles. The number of hydrogen-bond acceptors (Lipinski definition) is 8. The van der Waals surface area contributed by atoms with Gasteiger partial charge in [-0.15, -0.1) is 5.06 Å². The van der Waals surface area contributed by atoms with Crippen LogP contribution in [0.15, 0.2) is 42.5 Å². The number of hydrogen-bond donors (Lipinski definition) is 1. The molecule has 1 aliphatic heterocycles. The van der Waals surface area contributed by atoms with Crippen molar-refractivity contribution in [3.8, 4) is 0 Å². The molecule has 1 aliphatic rings. The Morgan fingerprint density at radius 3 is 2.21 bits per heavy atom. The monoisotopic (exact) mass is 333 g/mol. The van der Waals surface area contributed by atoms with Gasteiger partial charge in [-0.2, -0.15) is 0 Å². The van der Waals surface area contributed by atoms with Crippen molar-refractivity contribution in [2.24, 2.45) is 0 Å². The number of carbonyl (C=O) groups excluding carboxylic acids is 5. The van der Waals surface area contributed by atoms with Gasteiger partial charge in [0.25, 0.3) is 11.8 Å². The Kier molecular flexibility index (Phi) is 5.30. The number of carbonyl (C=O) groups is 5. The minimum Gasteiger partial charge on any atom is -0.389 e. The average Bonchev–Trinajstić information content (AvgIpc) is 2.87. The second-order valence-electron chi connectivity index (χ2n) is 4.53. The van der Waals surface area contributed by atoms with E-state index in [0.717, 1.165) is 12.2 Å². The van der Waals surface area contributed by atoms with Crippen molar-refractivity contribution in [3.05, 3.63) is 48.0 Å². The Morgan fingerprint density at radius 2 is 1.62 bits per heavy atom. The Morgan fingerprint density at radius 1 is 1.04 bits per heavy atom. The number of benzene rings is 1. The van der Waals surface area contributed by atoms with E-state index < -0.39 is 42.2 Å². The number of aliphatic hydroxyl groups is 1. The van der Waals surface area contributed by atoms with Crippen LogP contribution in [0.3, 0.4) is 0 Å². The lowest BCUT2D eigenvalue weighted by Gasteiger charge is -2.16. The predicted molar refractivity (Wildman–Crippen MR) is 74.6 cm³/mol. The van der Waals surface area contributed by atoms with E-state index in [1.165, 1.54) is 12.1 Å². The van der Waals surface area contributed by atoms with Gasteiger partial charge >= 0.3 is 11.9 Å². The molecule has 124 valence electrons. The first-order valence-corrected chi connectivity index (χ1v) is 6.62. The van der Waals surface area contributed by atoms with Gasteiger partial charge in [0.05, 0.1) is 5.56 Å². The summed E-state index contributed by atoms with van der Waals surface area (Å²) in [4.78, 5) is 61.6. The number of ketones is 1. The van der Waals surface area contributed by atoms with Crippen LogP contribution in [0, 0.1) is 0 Å². The van der Waals surface area contributed by atoms with E-state index in [4.69, 9.17) is 0 Å². The van der Waals surface area contributed by atoms with Crippen LogP contribution in [-0.4, -0.2) is 46.0 Å². The molecule has 0 saturated heterocycles. The summed E-state index contributed by atoms with van der Waals surface area (Å²) in [5.41, 5.74) is 0.106. The van der Waals surface area contributed by atoms with Crippen LogP contribution in [0.4, 0.5) is 0 Å². The zero-order chi connectivity index (χ0) is 17.7. The summed E-state index contributed by atoms with van der Waals surface area (Å²) in [5.74, 6) is -5.12. The lowest BCUT2D eigenvalue weighted by molar-refractivity contribution is -0.237. The van der Waals surface area contributed by atoms with Crippen LogP contribution in [0.2, 0.25) is 0 Å². The van der Waals surface area contributed by atoms with Crippen molar-refractivity contribution in [2.45, 2.75) is 12.7 Å². The van der Waals surface area contributed by atoms with Gasteiger partial charge in [0.2, 0.25) is 12.1 Å². The highest BCUT2D eigenvalue weighted by atomic mass is 16.8. The molecule has 0 spiro atoms. The number of aliphatic hydroxyl groups excluding tert-OH is 1. The quantitative estimate of drug-likeness (QED) is 0.319. The van der Waals surface area contributed by atoms with Gasteiger partial charge in [-0.25, -0.2) is 9.63 Å². The third kappa shape index (κ3) is 4.18. The first-order valence-electron chi connectivity index (χ1n) is 6.62. The molecule has 0 bridgehead atoms. The zero-order valence-electron chi connectivity index (χ0n) is 12.1. The number of amides is 2. The lowest BCUT2D eigenvalue weighted by Crippen LogP contribution is -2.38. The Bertz CT molecular complexity index is 706. The maximum absolute atomic E-state index is 11.6. The molecule has 0 radical (unpaired) electrons. The summed E-state index contributed by atoms with van der Waals surface area (Å²) >= 11 is 0. The third-order valence-corrected chi connectivity index (χ3v) is 2.78. The third-order valence-electron chi connectivity index (χ3n) is 2.78. The molecule has 1 heterocycles. The fraction of sp³-hybridized carbons (Fsp3) is 0.133. The van der Waals surface area contributed by atoms with E-state index in [1.54, 1.807) is 18.2 Å². The second kappa shape index (κ2) is 7.40. The largest absolute Gasteiger partial charge is 0.389 e. The van der Waals surface area contributed by atoms with E-state index in [9.17, 15) is 29.1 Å².